The molecule has 5 rings (SSSR count). The van der Waals surface area contributed by atoms with Crippen molar-refractivity contribution in [1.82, 2.24) is 9.97 Å². The highest BCUT2D eigenvalue weighted by atomic mass is 16.6. The standard InChI is InChI=1S/C32H27N5O3/c1-21-8-6-9-22(2)30(21)40-32(39)37(28-18-19-34-20-35-28)27-13-7-12-26(23-10-4-3-5-11-23)29(27)36-25-16-14-24(15-17-25)31(33)38/h3-20,36H,1-2H3,(H2,33,38). The summed E-state index contributed by atoms with van der Waals surface area (Å²) < 4.78 is 5.99. The quantitative estimate of drug-likeness (QED) is 0.236. The van der Waals surface area contributed by atoms with Crippen molar-refractivity contribution >= 4 is 34.9 Å². The Balaban J connectivity index is 1.67. The Morgan fingerprint density at radius 2 is 1.52 bits per heavy atom. The minimum absolute atomic E-state index is 0.337. The first-order chi connectivity index (χ1) is 19.4. The second-order valence-corrected chi connectivity index (χ2v) is 9.12. The smallest absolute Gasteiger partial charge is 0.409 e. The molecule has 0 saturated carbocycles. The number of primary amides is 1. The number of hydrogen-bond acceptors (Lipinski definition) is 6. The number of amides is 2. The van der Waals surface area contributed by atoms with Crippen LogP contribution in [0.3, 0.4) is 0 Å². The Kier molecular flexibility index (Phi) is 7.50. The first-order valence-corrected chi connectivity index (χ1v) is 12.6. The summed E-state index contributed by atoms with van der Waals surface area (Å²) in [5, 5.41) is 3.45. The van der Waals surface area contributed by atoms with Gasteiger partial charge in [0.1, 0.15) is 17.9 Å². The van der Waals surface area contributed by atoms with Gasteiger partial charge in [-0.05, 0) is 66.9 Å². The Labute approximate surface area is 232 Å². The molecule has 5 aromatic rings. The Morgan fingerprint density at radius 3 is 2.17 bits per heavy atom. The molecule has 8 nitrogen and oxygen atoms in total. The largest absolute Gasteiger partial charge is 0.425 e. The summed E-state index contributed by atoms with van der Waals surface area (Å²) in [6.07, 6.45) is 2.32. The monoisotopic (exact) mass is 529 g/mol. The van der Waals surface area contributed by atoms with Gasteiger partial charge in [-0.1, -0.05) is 60.7 Å². The van der Waals surface area contributed by atoms with Gasteiger partial charge in [0.15, 0.2) is 0 Å². The highest BCUT2D eigenvalue weighted by Gasteiger charge is 2.27. The van der Waals surface area contributed by atoms with Crippen LogP contribution in [-0.4, -0.2) is 22.0 Å². The summed E-state index contributed by atoms with van der Waals surface area (Å²) in [6.45, 7) is 3.78. The molecule has 1 aromatic heterocycles. The summed E-state index contributed by atoms with van der Waals surface area (Å²) >= 11 is 0. The average molecular weight is 530 g/mol. The maximum Gasteiger partial charge on any atom is 0.425 e. The summed E-state index contributed by atoms with van der Waals surface area (Å²) in [4.78, 5) is 35.4. The Bertz CT molecular complexity index is 1640. The number of nitrogens with zero attached hydrogens (tertiary/aromatic N) is 3. The van der Waals surface area contributed by atoms with Gasteiger partial charge in [0, 0.05) is 23.0 Å². The van der Waals surface area contributed by atoms with Gasteiger partial charge in [-0.2, -0.15) is 0 Å². The zero-order valence-electron chi connectivity index (χ0n) is 22.0. The molecule has 0 bridgehead atoms. The second kappa shape index (κ2) is 11.5. The molecule has 0 saturated heterocycles. The van der Waals surface area contributed by atoms with Crippen molar-refractivity contribution in [2.45, 2.75) is 13.8 Å². The number of nitrogens with two attached hydrogens (primary N) is 1. The number of para-hydroxylation sites is 2. The van der Waals surface area contributed by atoms with E-state index in [2.05, 4.69) is 15.3 Å². The van der Waals surface area contributed by atoms with E-state index >= 15 is 0 Å². The number of carbonyl (C=O) groups excluding carboxylic acids is 2. The van der Waals surface area contributed by atoms with Gasteiger partial charge < -0.3 is 15.8 Å². The van der Waals surface area contributed by atoms with Gasteiger partial charge in [0.25, 0.3) is 0 Å². The Morgan fingerprint density at radius 1 is 0.825 bits per heavy atom. The molecule has 0 aliphatic carbocycles. The van der Waals surface area contributed by atoms with Crippen LogP contribution in [0.5, 0.6) is 5.75 Å². The Hall–Kier alpha value is -5.50. The normalized spacial score (nSPS) is 10.6. The van der Waals surface area contributed by atoms with Crippen LogP contribution < -0.4 is 20.7 Å². The van der Waals surface area contributed by atoms with Crippen molar-refractivity contribution in [2.24, 2.45) is 5.73 Å². The lowest BCUT2D eigenvalue weighted by Crippen LogP contribution is -2.31. The first kappa shape index (κ1) is 26.1. The van der Waals surface area contributed by atoms with Gasteiger partial charge in [-0.15, -0.1) is 0 Å². The summed E-state index contributed by atoms with van der Waals surface area (Å²) in [5.41, 5.74) is 11.1. The van der Waals surface area contributed by atoms with Gasteiger partial charge in [-0.3, -0.25) is 4.79 Å². The van der Waals surface area contributed by atoms with E-state index in [1.807, 2.05) is 80.6 Å². The lowest BCUT2D eigenvalue weighted by molar-refractivity contribution is 0.1000. The molecule has 0 unspecified atom stereocenters. The van der Waals surface area contributed by atoms with Crippen LogP contribution in [0.2, 0.25) is 0 Å². The predicted octanol–water partition coefficient (Wildman–Crippen LogP) is 6.94. The van der Waals surface area contributed by atoms with E-state index in [-0.39, 0.29) is 0 Å². The fourth-order valence-corrected chi connectivity index (χ4v) is 4.40. The highest BCUT2D eigenvalue weighted by Crippen LogP contribution is 2.41. The molecule has 198 valence electrons. The molecule has 0 spiro atoms. The molecule has 8 heteroatoms. The maximum atomic E-state index is 14.0. The molecule has 4 aromatic carbocycles. The van der Waals surface area contributed by atoms with Crippen LogP contribution in [0.15, 0.2) is 110 Å². The number of benzene rings is 4. The van der Waals surface area contributed by atoms with Crippen molar-refractivity contribution in [2.75, 3.05) is 10.2 Å². The molecule has 0 radical (unpaired) electrons. The third-order valence-corrected chi connectivity index (χ3v) is 6.38. The van der Waals surface area contributed by atoms with E-state index in [0.717, 1.165) is 22.3 Å². The van der Waals surface area contributed by atoms with Gasteiger partial charge in [0.2, 0.25) is 5.91 Å². The third kappa shape index (κ3) is 5.51. The van der Waals surface area contributed by atoms with E-state index in [4.69, 9.17) is 10.5 Å². The van der Waals surface area contributed by atoms with Crippen LogP contribution in [0.1, 0.15) is 21.5 Å². The molecule has 40 heavy (non-hydrogen) atoms. The van der Waals surface area contributed by atoms with Crippen LogP contribution in [0.25, 0.3) is 11.1 Å². The molecule has 0 aliphatic rings. The summed E-state index contributed by atoms with van der Waals surface area (Å²) in [5.74, 6) is 0.312. The molecule has 0 fully saturated rings. The number of aryl methyl sites for hydroxylation is 2. The molecule has 3 N–H and O–H groups in total. The van der Waals surface area contributed by atoms with Crippen molar-refractivity contribution in [3.63, 3.8) is 0 Å². The zero-order chi connectivity index (χ0) is 28.1. The van der Waals surface area contributed by atoms with E-state index in [1.54, 1.807) is 36.5 Å². The third-order valence-electron chi connectivity index (χ3n) is 6.38. The summed E-state index contributed by atoms with van der Waals surface area (Å²) in [7, 11) is 0. The van der Waals surface area contributed by atoms with Gasteiger partial charge in [0.05, 0.1) is 11.4 Å². The summed E-state index contributed by atoms with van der Waals surface area (Å²) in [6, 6.07) is 29.6. The zero-order valence-corrected chi connectivity index (χ0v) is 22.0. The van der Waals surface area contributed by atoms with Crippen molar-refractivity contribution < 1.29 is 14.3 Å². The number of aromatic nitrogens is 2. The number of ether oxygens (including phenoxy) is 1. The van der Waals surface area contributed by atoms with Crippen LogP contribution in [-0.2, 0) is 0 Å². The molecular weight excluding hydrogens is 502 g/mol. The SMILES string of the molecule is Cc1cccc(C)c1OC(=O)N(c1ccncn1)c1cccc(-c2ccccc2)c1Nc1ccc(C(N)=O)cc1. The van der Waals surface area contributed by atoms with Crippen LogP contribution in [0, 0.1) is 13.8 Å². The molecule has 2 amide bonds. The maximum absolute atomic E-state index is 14.0. The average Bonchev–Trinajstić information content (AvgIpc) is 2.97. The van der Waals surface area contributed by atoms with Crippen molar-refractivity contribution in [3.8, 4) is 16.9 Å². The first-order valence-electron chi connectivity index (χ1n) is 12.6. The lowest BCUT2D eigenvalue weighted by atomic mass is 10.0. The molecule has 0 aliphatic heterocycles. The number of nitrogens with one attached hydrogen (secondary N) is 1. The van der Waals surface area contributed by atoms with E-state index in [1.165, 1.54) is 11.2 Å². The second-order valence-electron chi connectivity index (χ2n) is 9.12. The number of carbonyl (C=O) groups is 2. The van der Waals surface area contributed by atoms with Crippen LogP contribution >= 0.6 is 0 Å². The van der Waals surface area contributed by atoms with E-state index in [9.17, 15) is 9.59 Å². The highest BCUT2D eigenvalue weighted by molar-refractivity contribution is 6.03. The number of rotatable bonds is 7. The fourth-order valence-electron chi connectivity index (χ4n) is 4.40. The number of hydrogen-bond donors (Lipinski definition) is 2. The van der Waals surface area contributed by atoms with E-state index in [0.29, 0.717) is 34.2 Å². The van der Waals surface area contributed by atoms with Crippen molar-refractivity contribution in [1.29, 1.82) is 0 Å². The fraction of sp³-hybridized carbons (Fsp3) is 0.0625. The van der Waals surface area contributed by atoms with Crippen LogP contribution in [0.4, 0.5) is 27.7 Å². The molecular formula is C32H27N5O3. The topological polar surface area (TPSA) is 110 Å². The number of anilines is 4. The van der Waals surface area contributed by atoms with Crippen molar-refractivity contribution in [3.05, 3.63) is 126 Å². The minimum Gasteiger partial charge on any atom is -0.409 e. The van der Waals surface area contributed by atoms with Gasteiger partial charge in [-0.25, -0.2) is 19.7 Å². The van der Waals surface area contributed by atoms with E-state index < -0.39 is 12.0 Å². The lowest BCUT2D eigenvalue weighted by Gasteiger charge is -2.26. The minimum atomic E-state index is -0.631. The predicted molar refractivity (Wildman–Crippen MR) is 156 cm³/mol. The molecule has 1 heterocycles. The van der Waals surface area contributed by atoms with Gasteiger partial charge >= 0.3 is 6.09 Å². The molecule has 0 atom stereocenters.